The second kappa shape index (κ2) is 10.5. The second-order valence-corrected chi connectivity index (χ2v) is 9.51. The standard InChI is InChI=1S/C26H19F3N2O3S2/c1-16-5-9-20(10-6-16)31-24(33)22(36-25(31)35)13-17-7-11-21(12-8-17)34-15-23(32)30-19-4-2-3-18(14-19)26(27,28)29/h2-14H,15H2,1H3,(H,30,32)/b22-13-. The largest absolute Gasteiger partial charge is 0.484 e. The summed E-state index contributed by atoms with van der Waals surface area (Å²) in [5, 5.41) is 2.38. The minimum atomic E-state index is -4.50. The molecule has 3 aromatic rings. The highest BCUT2D eigenvalue weighted by Gasteiger charge is 2.33. The van der Waals surface area contributed by atoms with Crippen LogP contribution in [0.2, 0.25) is 0 Å². The molecule has 36 heavy (non-hydrogen) atoms. The van der Waals surface area contributed by atoms with Gasteiger partial charge in [-0.05, 0) is 61.0 Å². The van der Waals surface area contributed by atoms with E-state index in [0.29, 0.717) is 20.7 Å². The van der Waals surface area contributed by atoms with Gasteiger partial charge in [0.2, 0.25) is 0 Å². The van der Waals surface area contributed by atoms with Gasteiger partial charge in [-0.1, -0.05) is 59.9 Å². The number of amides is 2. The first-order chi connectivity index (χ1) is 17.1. The molecule has 2 amide bonds. The van der Waals surface area contributed by atoms with E-state index in [4.69, 9.17) is 17.0 Å². The number of hydrogen-bond donors (Lipinski definition) is 1. The highest BCUT2D eigenvalue weighted by atomic mass is 32.2. The third-order valence-electron chi connectivity index (χ3n) is 5.11. The molecular weight excluding hydrogens is 509 g/mol. The molecule has 1 N–H and O–H groups in total. The minimum absolute atomic E-state index is 0.0247. The number of hydrogen-bond acceptors (Lipinski definition) is 5. The van der Waals surface area contributed by atoms with E-state index in [9.17, 15) is 22.8 Å². The van der Waals surface area contributed by atoms with Crippen LogP contribution in [0, 0.1) is 6.92 Å². The number of alkyl halides is 3. The van der Waals surface area contributed by atoms with Gasteiger partial charge in [0.25, 0.3) is 11.8 Å². The predicted octanol–water partition coefficient (Wildman–Crippen LogP) is 6.44. The Hall–Kier alpha value is -3.63. The Morgan fingerprint density at radius 2 is 1.78 bits per heavy atom. The van der Waals surface area contributed by atoms with Crippen LogP contribution in [0.1, 0.15) is 16.7 Å². The number of carbonyl (C=O) groups excluding carboxylic acids is 2. The average molecular weight is 529 g/mol. The van der Waals surface area contributed by atoms with Gasteiger partial charge in [0.05, 0.1) is 16.2 Å². The van der Waals surface area contributed by atoms with Crippen LogP contribution in [0.25, 0.3) is 6.08 Å². The van der Waals surface area contributed by atoms with Crippen LogP contribution in [0.3, 0.4) is 0 Å². The van der Waals surface area contributed by atoms with Gasteiger partial charge in [-0.25, -0.2) is 0 Å². The maximum Gasteiger partial charge on any atom is 0.416 e. The summed E-state index contributed by atoms with van der Waals surface area (Å²) in [5.41, 5.74) is 1.69. The molecule has 184 valence electrons. The number of halogens is 3. The van der Waals surface area contributed by atoms with E-state index in [1.807, 2.05) is 31.2 Å². The van der Waals surface area contributed by atoms with Crippen molar-refractivity contribution in [1.82, 2.24) is 0 Å². The van der Waals surface area contributed by atoms with Crippen LogP contribution >= 0.6 is 24.0 Å². The summed E-state index contributed by atoms with van der Waals surface area (Å²) in [5.74, 6) is -0.419. The highest BCUT2D eigenvalue weighted by molar-refractivity contribution is 8.27. The molecule has 0 radical (unpaired) electrons. The van der Waals surface area contributed by atoms with E-state index >= 15 is 0 Å². The molecule has 0 saturated carbocycles. The summed E-state index contributed by atoms with van der Waals surface area (Å²) in [6.45, 7) is 1.58. The maximum absolute atomic E-state index is 12.9. The normalized spacial score (nSPS) is 14.9. The van der Waals surface area contributed by atoms with Crippen molar-refractivity contribution in [3.63, 3.8) is 0 Å². The number of benzene rings is 3. The van der Waals surface area contributed by atoms with Crippen molar-refractivity contribution in [1.29, 1.82) is 0 Å². The molecule has 1 aliphatic heterocycles. The molecule has 5 nitrogen and oxygen atoms in total. The van der Waals surface area contributed by atoms with E-state index in [1.165, 1.54) is 28.8 Å². The number of thioether (sulfide) groups is 1. The highest BCUT2D eigenvalue weighted by Crippen LogP contribution is 2.36. The van der Waals surface area contributed by atoms with Gasteiger partial charge in [0, 0.05) is 5.69 Å². The number of aryl methyl sites for hydroxylation is 1. The Morgan fingerprint density at radius 3 is 2.44 bits per heavy atom. The SMILES string of the molecule is Cc1ccc(N2C(=O)/C(=C/c3ccc(OCC(=O)Nc4cccc(C(F)(F)F)c4)cc3)SC2=S)cc1. The van der Waals surface area contributed by atoms with Crippen LogP contribution in [0.4, 0.5) is 24.5 Å². The van der Waals surface area contributed by atoms with E-state index < -0.39 is 17.6 Å². The van der Waals surface area contributed by atoms with Gasteiger partial charge >= 0.3 is 6.18 Å². The van der Waals surface area contributed by atoms with Crippen molar-refractivity contribution < 1.29 is 27.5 Å². The Bertz CT molecular complexity index is 1340. The molecule has 1 heterocycles. The van der Waals surface area contributed by atoms with Crippen LogP contribution < -0.4 is 15.0 Å². The second-order valence-electron chi connectivity index (χ2n) is 7.84. The minimum Gasteiger partial charge on any atom is -0.484 e. The molecule has 0 unspecified atom stereocenters. The molecule has 1 fully saturated rings. The zero-order valence-electron chi connectivity index (χ0n) is 18.8. The van der Waals surface area contributed by atoms with Crippen LogP contribution in [-0.2, 0) is 15.8 Å². The number of anilines is 2. The fraction of sp³-hybridized carbons (Fsp3) is 0.115. The van der Waals surface area contributed by atoms with E-state index in [0.717, 1.165) is 23.3 Å². The zero-order chi connectivity index (χ0) is 25.9. The van der Waals surface area contributed by atoms with Crippen LogP contribution in [0.5, 0.6) is 5.75 Å². The van der Waals surface area contributed by atoms with Crippen molar-refractivity contribution in [2.75, 3.05) is 16.8 Å². The number of rotatable bonds is 6. The van der Waals surface area contributed by atoms with Crippen molar-refractivity contribution in [3.05, 3.63) is 94.4 Å². The number of nitrogens with one attached hydrogen (secondary N) is 1. The maximum atomic E-state index is 12.9. The molecule has 0 aromatic heterocycles. The molecule has 1 saturated heterocycles. The Morgan fingerprint density at radius 1 is 1.08 bits per heavy atom. The van der Waals surface area contributed by atoms with Crippen molar-refractivity contribution >= 4 is 57.6 Å². The lowest BCUT2D eigenvalue weighted by molar-refractivity contribution is -0.137. The first-order valence-electron chi connectivity index (χ1n) is 10.6. The van der Waals surface area contributed by atoms with Gasteiger partial charge in [0.1, 0.15) is 5.75 Å². The topological polar surface area (TPSA) is 58.6 Å². The lowest BCUT2D eigenvalue weighted by atomic mass is 10.2. The summed E-state index contributed by atoms with van der Waals surface area (Å²) in [4.78, 5) is 27.0. The fourth-order valence-corrected chi connectivity index (χ4v) is 4.61. The van der Waals surface area contributed by atoms with Crippen LogP contribution in [0.15, 0.2) is 77.7 Å². The van der Waals surface area contributed by atoms with Crippen molar-refractivity contribution in [2.24, 2.45) is 0 Å². The quantitative estimate of drug-likeness (QED) is 0.295. The Kier molecular flexibility index (Phi) is 7.46. The summed E-state index contributed by atoms with van der Waals surface area (Å²) >= 11 is 6.60. The van der Waals surface area contributed by atoms with Gasteiger partial charge < -0.3 is 10.1 Å². The molecule has 0 aliphatic carbocycles. The number of carbonyl (C=O) groups is 2. The van der Waals surface area contributed by atoms with Gasteiger partial charge in [-0.2, -0.15) is 13.2 Å². The number of thiocarbonyl (C=S) groups is 1. The summed E-state index contributed by atoms with van der Waals surface area (Å²) in [6.07, 6.45) is -2.78. The van der Waals surface area contributed by atoms with E-state index in [2.05, 4.69) is 5.32 Å². The summed E-state index contributed by atoms with van der Waals surface area (Å²) < 4.78 is 44.3. The molecule has 0 spiro atoms. The Balaban J connectivity index is 1.35. The first kappa shape index (κ1) is 25.5. The zero-order valence-corrected chi connectivity index (χ0v) is 20.5. The molecule has 4 rings (SSSR count). The van der Waals surface area contributed by atoms with Crippen LogP contribution in [-0.4, -0.2) is 22.7 Å². The van der Waals surface area contributed by atoms with Gasteiger partial charge in [0.15, 0.2) is 10.9 Å². The summed E-state index contributed by atoms with van der Waals surface area (Å²) in [6, 6.07) is 18.6. The molecule has 1 aliphatic rings. The lowest BCUT2D eigenvalue weighted by Crippen LogP contribution is -2.27. The molecule has 10 heteroatoms. The Labute approximate surface area is 214 Å². The predicted molar refractivity (Wildman–Crippen MR) is 139 cm³/mol. The monoisotopic (exact) mass is 528 g/mol. The molecular formula is C26H19F3N2O3S2. The lowest BCUT2D eigenvalue weighted by Gasteiger charge is -2.14. The smallest absolute Gasteiger partial charge is 0.416 e. The van der Waals surface area contributed by atoms with Crippen molar-refractivity contribution in [3.8, 4) is 5.75 Å². The molecule has 0 bridgehead atoms. The van der Waals surface area contributed by atoms with Crippen molar-refractivity contribution in [2.45, 2.75) is 13.1 Å². The fourth-order valence-electron chi connectivity index (χ4n) is 3.32. The third-order valence-corrected chi connectivity index (χ3v) is 6.41. The average Bonchev–Trinajstić information content (AvgIpc) is 3.11. The molecule has 0 atom stereocenters. The third kappa shape index (κ3) is 6.13. The number of nitrogens with zero attached hydrogens (tertiary/aromatic N) is 1. The molecule has 3 aromatic carbocycles. The van der Waals surface area contributed by atoms with Gasteiger partial charge in [-0.3, -0.25) is 14.5 Å². The van der Waals surface area contributed by atoms with E-state index in [-0.39, 0.29) is 18.2 Å². The van der Waals surface area contributed by atoms with E-state index in [1.54, 1.807) is 30.3 Å². The number of ether oxygens (including phenoxy) is 1. The van der Waals surface area contributed by atoms with Gasteiger partial charge in [-0.15, -0.1) is 0 Å². The summed E-state index contributed by atoms with van der Waals surface area (Å²) in [7, 11) is 0. The first-order valence-corrected chi connectivity index (χ1v) is 11.9.